The number of benzene rings is 1. The monoisotopic (exact) mass is 219 g/mol. The number of rotatable bonds is 4. The minimum Gasteiger partial charge on any atom is -0.508 e. The molecule has 0 aliphatic heterocycles. The number of aromatic nitrogens is 4. The van der Waals surface area contributed by atoms with Crippen LogP contribution >= 0.6 is 0 Å². The average Bonchev–Trinajstić information content (AvgIpc) is 2.81. The van der Waals surface area contributed by atoms with E-state index in [4.69, 9.17) is 0 Å². The van der Waals surface area contributed by atoms with Crippen molar-refractivity contribution in [2.24, 2.45) is 0 Å². The highest BCUT2D eigenvalue weighted by Gasteiger charge is 2.09. The Bertz CT molecular complexity index is 442. The quantitative estimate of drug-likeness (QED) is 0.706. The molecular weight excluding hydrogens is 206 g/mol. The molecule has 1 atom stereocenters. The predicted molar refractivity (Wildman–Crippen MR) is 57.5 cm³/mol. The number of aromatic amines is 1. The number of para-hydroxylation sites is 1. The normalized spacial score (nSPS) is 12.6. The van der Waals surface area contributed by atoms with Crippen LogP contribution in [0.3, 0.4) is 0 Å². The number of H-pyrrole nitrogens is 1. The Kier molecular flexibility index (Phi) is 3.11. The van der Waals surface area contributed by atoms with Crippen LogP contribution < -0.4 is 5.32 Å². The molecule has 0 saturated heterocycles. The highest BCUT2D eigenvalue weighted by molar-refractivity contribution is 5.31. The minimum atomic E-state index is -0.0154. The van der Waals surface area contributed by atoms with Crippen LogP contribution in [0, 0.1) is 0 Å². The first kappa shape index (κ1) is 10.6. The SMILES string of the molecule is CC(NCc1ccccc1O)c1nn[nH]n1. The van der Waals surface area contributed by atoms with Gasteiger partial charge in [0.15, 0.2) is 5.82 Å². The summed E-state index contributed by atoms with van der Waals surface area (Å²) in [5.74, 6) is 0.894. The van der Waals surface area contributed by atoms with Gasteiger partial charge in [-0.1, -0.05) is 23.4 Å². The molecule has 1 heterocycles. The molecule has 2 aromatic rings. The molecule has 0 spiro atoms. The van der Waals surface area contributed by atoms with Crippen LogP contribution in [0.5, 0.6) is 5.75 Å². The average molecular weight is 219 g/mol. The molecule has 0 radical (unpaired) electrons. The molecule has 6 nitrogen and oxygen atoms in total. The van der Waals surface area contributed by atoms with Gasteiger partial charge in [0.25, 0.3) is 0 Å². The van der Waals surface area contributed by atoms with E-state index in [0.717, 1.165) is 5.56 Å². The third-order valence-electron chi connectivity index (χ3n) is 2.34. The van der Waals surface area contributed by atoms with E-state index in [-0.39, 0.29) is 11.8 Å². The van der Waals surface area contributed by atoms with Gasteiger partial charge < -0.3 is 10.4 Å². The van der Waals surface area contributed by atoms with Gasteiger partial charge in [0.1, 0.15) is 5.75 Å². The predicted octanol–water partition coefficient (Wildman–Crippen LogP) is 0.756. The molecule has 0 aliphatic carbocycles. The fraction of sp³-hybridized carbons (Fsp3) is 0.300. The lowest BCUT2D eigenvalue weighted by atomic mass is 10.2. The fourth-order valence-electron chi connectivity index (χ4n) is 1.37. The van der Waals surface area contributed by atoms with Gasteiger partial charge in [-0.2, -0.15) is 5.21 Å². The molecule has 0 fully saturated rings. The number of nitrogens with one attached hydrogen (secondary N) is 2. The lowest BCUT2D eigenvalue weighted by molar-refractivity contribution is 0.458. The standard InChI is InChI=1S/C10H13N5O/c1-7(10-12-14-15-13-10)11-6-8-4-2-3-5-9(8)16/h2-5,7,11,16H,6H2,1H3,(H,12,13,14,15). The van der Waals surface area contributed by atoms with Crippen LogP contribution in [0.2, 0.25) is 0 Å². The second-order valence-electron chi connectivity index (χ2n) is 3.50. The number of tetrazole rings is 1. The fourth-order valence-corrected chi connectivity index (χ4v) is 1.37. The maximum atomic E-state index is 9.56. The Labute approximate surface area is 92.7 Å². The van der Waals surface area contributed by atoms with Crippen molar-refractivity contribution in [2.75, 3.05) is 0 Å². The summed E-state index contributed by atoms with van der Waals surface area (Å²) in [4.78, 5) is 0. The molecule has 0 amide bonds. The van der Waals surface area contributed by atoms with Crippen molar-refractivity contribution in [3.8, 4) is 5.75 Å². The number of hydrogen-bond donors (Lipinski definition) is 3. The van der Waals surface area contributed by atoms with Gasteiger partial charge in [-0.3, -0.25) is 0 Å². The van der Waals surface area contributed by atoms with Gasteiger partial charge in [0.05, 0.1) is 6.04 Å². The summed E-state index contributed by atoms with van der Waals surface area (Å²) in [6.45, 7) is 2.49. The van der Waals surface area contributed by atoms with E-state index in [9.17, 15) is 5.11 Å². The van der Waals surface area contributed by atoms with Gasteiger partial charge in [0.2, 0.25) is 0 Å². The van der Waals surface area contributed by atoms with E-state index >= 15 is 0 Å². The van der Waals surface area contributed by atoms with Crippen molar-refractivity contribution in [3.05, 3.63) is 35.7 Å². The molecule has 16 heavy (non-hydrogen) atoms. The Morgan fingerprint density at radius 3 is 2.94 bits per heavy atom. The number of nitrogens with zero attached hydrogens (tertiary/aromatic N) is 3. The third-order valence-corrected chi connectivity index (χ3v) is 2.34. The number of phenolic OH excluding ortho intramolecular Hbond substituents is 1. The van der Waals surface area contributed by atoms with Gasteiger partial charge in [-0.15, -0.1) is 10.2 Å². The van der Waals surface area contributed by atoms with Gasteiger partial charge in [0, 0.05) is 12.1 Å². The van der Waals surface area contributed by atoms with Gasteiger partial charge in [-0.05, 0) is 13.0 Å². The van der Waals surface area contributed by atoms with Crippen LogP contribution in [-0.4, -0.2) is 25.7 Å². The molecule has 0 saturated carbocycles. The maximum Gasteiger partial charge on any atom is 0.191 e. The highest BCUT2D eigenvalue weighted by Crippen LogP contribution is 2.16. The zero-order chi connectivity index (χ0) is 11.4. The zero-order valence-corrected chi connectivity index (χ0v) is 8.88. The Balaban J connectivity index is 1.95. The zero-order valence-electron chi connectivity index (χ0n) is 8.88. The van der Waals surface area contributed by atoms with Crippen LogP contribution in [0.15, 0.2) is 24.3 Å². The molecule has 2 rings (SSSR count). The van der Waals surface area contributed by atoms with E-state index in [1.165, 1.54) is 0 Å². The lowest BCUT2D eigenvalue weighted by Crippen LogP contribution is -2.19. The topological polar surface area (TPSA) is 86.7 Å². The van der Waals surface area contributed by atoms with Crippen molar-refractivity contribution in [2.45, 2.75) is 19.5 Å². The Hall–Kier alpha value is -1.95. The number of aromatic hydroxyl groups is 1. The number of hydrogen-bond acceptors (Lipinski definition) is 5. The number of phenols is 1. The molecule has 1 aromatic carbocycles. The second kappa shape index (κ2) is 4.71. The largest absolute Gasteiger partial charge is 0.508 e. The lowest BCUT2D eigenvalue weighted by Gasteiger charge is -2.10. The smallest absolute Gasteiger partial charge is 0.191 e. The molecule has 1 aromatic heterocycles. The van der Waals surface area contributed by atoms with E-state index in [1.54, 1.807) is 12.1 Å². The maximum absolute atomic E-state index is 9.56. The summed E-state index contributed by atoms with van der Waals surface area (Å²) in [7, 11) is 0. The first-order valence-electron chi connectivity index (χ1n) is 5.01. The van der Waals surface area contributed by atoms with E-state index in [0.29, 0.717) is 12.4 Å². The summed E-state index contributed by atoms with van der Waals surface area (Å²) in [5, 5.41) is 26.4. The summed E-state index contributed by atoms with van der Waals surface area (Å²) in [6, 6.07) is 7.19. The molecule has 6 heteroatoms. The molecule has 0 aliphatic rings. The Morgan fingerprint density at radius 2 is 2.25 bits per heavy atom. The molecule has 1 unspecified atom stereocenters. The first-order chi connectivity index (χ1) is 7.77. The summed E-state index contributed by atoms with van der Waals surface area (Å²) in [6.07, 6.45) is 0. The van der Waals surface area contributed by atoms with Crippen LogP contribution in [-0.2, 0) is 6.54 Å². The molecule has 0 bridgehead atoms. The van der Waals surface area contributed by atoms with Crippen molar-refractivity contribution >= 4 is 0 Å². The Morgan fingerprint density at radius 1 is 1.44 bits per heavy atom. The summed E-state index contributed by atoms with van der Waals surface area (Å²) in [5.41, 5.74) is 0.845. The van der Waals surface area contributed by atoms with Crippen LogP contribution in [0.25, 0.3) is 0 Å². The molecule has 3 N–H and O–H groups in total. The van der Waals surface area contributed by atoms with E-state index in [1.807, 2.05) is 19.1 Å². The minimum absolute atomic E-state index is 0.0154. The first-order valence-corrected chi connectivity index (χ1v) is 5.01. The third kappa shape index (κ3) is 2.34. The highest BCUT2D eigenvalue weighted by atomic mass is 16.3. The summed E-state index contributed by atoms with van der Waals surface area (Å²) >= 11 is 0. The summed E-state index contributed by atoms with van der Waals surface area (Å²) < 4.78 is 0. The van der Waals surface area contributed by atoms with Gasteiger partial charge >= 0.3 is 0 Å². The van der Waals surface area contributed by atoms with Crippen molar-refractivity contribution in [1.82, 2.24) is 25.9 Å². The van der Waals surface area contributed by atoms with Crippen LogP contribution in [0.1, 0.15) is 24.4 Å². The van der Waals surface area contributed by atoms with Crippen molar-refractivity contribution in [3.63, 3.8) is 0 Å². The molecular formula is C10H13N5O. The second-order valence-corrected chi connectivity index (χ2v) is 3.50. The van der Waals surface area contributed by atoms with E-state index < -0.39 is 0 Å². The van der Waals surface area contributed by atoms with Crippen molar-refractivity contribution < 1.29 is 5.11 Å². The van der Waals surface area contributed by atoms with E-state index in [2.05, 4.69) is 25.9 Å². The van der Waals surface area contributed by atoms with Crippen LogP contribution in [0.4, 0.5) is 0 Å². The molecule has 84 valence electrons. The van der Waals surface area contributed by atoms with Gasteiger partial charge in [-0.25, -0.2) is 0 Å². The van der Waals surface area contributed by atoms with Crippen molar-refractivity contribution in [1.29, 1.82) is 0 Å².